The second-order valence-electron chi connectivity index (χ2n) is 3.21. The zero-order valence-electron chi connectivity index (χ0n) is 7.10. The maximum absolute atomic E-state index is 5.49. The largest absolute Gasteiger partial charge is 0.330 e. The molecule has 1 aliphatic rings. The van der Waals surface area contributed by atoms with Gasteiger partial charge in [0.2, 0.25) is 0 Å². The summed E-state index contributed by atoms with van der Waals surface area (Å²) < 4.78 is 0. The summed E-state index contributed by atoms with van der Waals surface area (Å²) in [6, 6.07) is 0. The molecule has 1 heterocycles. The van der Waals surface area contributed by atoms with Crippen LogP contribution >= 0.6 is 0 Å². The second kappa shape index (κ2) is 5.52. The van der Waals surface area contributed by atoms with Crippen LogP contribution in [0.1, 0.15) is 12.8 Å². The minimum absolute atomic E-state index is 0.736. The van der Waals surface area contributed by atoms with Gasteiger partial charge in [-0.3, -0.25) is 0 Å². The molecule has 0 aromatic heterocycles. The molecule has 11 heavy (non-hydrogen) atoms. The van der Waals surface area contributed by atoms with Gasteiger partial charge in [0.15, 0.2) is 0 Å². The number of hydrogen-bond donors (Lipinski definition) is 3. The molecule has 0 unspecified atom stereocenters. The van der Waals surface area contributed by atoms with Crippen molar-refractivity contribution >= 4 is 0 Å². The van der Waals surface area contributed by atoms with E-state index in [1.54, 1.807) is 0 Å². The minimum atomic E-state index is 0.736. The van der Waals surface area contributed by atoms with Gasteiger partial charge in [-0.1, -0.05) is 0 Å². The van der Waals surface area contributed by atoms with Crippen LogP contribution in [0, 0.1) is 5.92 Å². The van der Waals surface area contributed by atoms with Crippen molar-refractivity contribution in [3.8, 4) is 0 Å². The van der Waals surface area contributed by atoms with Crippen molar-refractivity contribution < 1.29 is 0 Å². The Morgan fingerprint density at radius 2 is 1.82 bits per heavy atom. The van der Waals surface area contributed by atoms with Gasteiger partial charge in [0.25, 0.3) is 0 Å². The third kappa shape index (κ3) is 3.70. The van der Waals surface area contributed by atoms with Crippen LogP contribution in [0.25, 0.3) is 0 Å². The minimum Gasteiger partial charge on any atom is -0.330 e. The van der Waals surface area contributed by atoms with Crippen LogP contribution in [0.5, 0.6) is 0 Å². The molecule has 0 atom stereocenters. The predicted octanol–water partition coefficient (Wildman–Crippen LogP) is -0.466. The van der Waals surface area contributed by atoms with E-state index in [2.05, 4.69) is 10.6 Å². The lowest BCUT2D eigenvalue weighted by Crippen LogP contribution is -2.37. The fourth-order valence-electron chi connectivity index (χ4n) is 1.46. The molecule has 0 amide bonds. The molecule has 4 N–H and O–H groups in total. The Kier molecular flexibility index (Phi) is 4.50. The van der Waals surface area contributed by atoms with Gasteiger partial charge in [-0.2, -0.15) is 0 Å². The van der Waals surface area contributed by atoms with E-state index >= 15 is 0 Å². The van der Waals surface area contributed by atoms with Gasteiger partial charge in [-0.15, -0.1) is 0 Å². The average molecular weight is 157 g/mol. The maximum atomic E-state index is 5.49. The number of nitrogens with two attached hydrogens (primary N) is 1. The second-order valence-corrected chi connectivity index (χ2v) is 3.21. The Morgan fingerprint density at radius 3 is 2.36 bits per heavy atom. The van der Waals surface area contributed by atoms with Crippen LogP contribution < -0.4 is 16.4 Å². The van der Waals surface area contributed by atoms with Crippen LogP contribution in [0.15, 0.2) is 0 Å². The van der Waals surface area contributed by atoms with Crippen molar-refractivity contribution in [1.82, 2.24) is 10.6 Å². The van der Waals surface area contributed by atoms with Crippen molar-refractivity contribution in [3.05, 3.63) is 0 Å². The van der Waals surface area contributed by atoms with E-state index in [4.69, 9.17) is 5.73 Å². The Balaban J connectivity index is 2.15. The van der Waals surface area contributed by atoms with Gasteiger partial charge in [0, 0.05) is 0 Å². The highest BCUT2D eigenvalue weighted by Crippen LogP contribution is 1.99. The van der Waals surface area contributed by atoms with Gasteiger partial charge >= 0.3 is 0 Å². The van der Waals surface area contributed by atoms with Gasteiger partial charge in [-0.05, 0) is 51.5 Å². The SMILES string of the molecule is NCCC1CNCCCNC1. The lowest BCUT2D eigenvalue weighted by Gasteiger charge is -2.20. The molecule has 1 saturated heterocycles. The highest BCUT2D eigenvalue weighted by Gasteiger charge is 2.08. The van der Waals surface area contributed by atoms with E-state index in [9.17, 15) is 0 Å². The third-order valence-corrected chi connectivity index (χ3v) is 2.15. The lowest BCUT2D eigenvalue weighted by molar-refractivity contribution is 0.394. The first kappa shape index (κ1) is 8.97. The molecule has 1 aliphatic heterocycles. The highest BCUT2D eigenvalue weighted by atomic mass is 14.9. The first-order valence-corrected chi connectivity index (χ1v) is 4.55. The quantitative estimate of drug-likeness (QED) is 0.508. The summed E-state index contributed by atoms with van der Waals surface area (Å²) in [5, 5.41) is 6.85. The van der Waals surface area contributed by atoms with Crippen LogP contribution in [-0.4, -0.2) is 32.7 Å². The van der Waals surface area contributed by atoms with Gasteiger partial charge < -0.3 is 16.4 Å². The molecule has 0 bridgehead atoms. The standard InChI is InChI=1S/C8H19N3/c9-3-2-8-6-10-4-1-5-11-7-8/h8,10-11H,1-7,9H2. The summed E-state index contributed by atoms with van der Waals surface area (Å²) in [6.07, 6.45) is 2.38. The fourth-order valence-corrected chi connectivity index (χ4v) is 1.46. The van der Waals surface area contributed by atoms with E-state index in [0.29, 0.717) is 0 Å². The van der Waals surface area contributed by atoms with E-state index < -0.39 is 0 Å². The molecule has 1 rings (SSSR count). The topological polar surface area (TPSA) is 50.1 Å². The Bertz CT molecular complexity index is 87.3. The summed E-state index contributed by atoms with van der Waals surface area (Å²) in [6.45, 7) is 5.37. The van der Waals surface area contributed by atoms with Crippen LogP contribution in [0.3, 0.4) is 0 Å². The first-order chi connectivity index (χ1) is 5.43. The molecule has 0 aliphatic carbocycles. The van der Waals surface area contributed by atoms with E-state index in [0.717, 1.165) is 45.1 Å². The monoisotopic (exact) mass is 157 g/mol. The normalized spacial score (nSPS) is 22.6. The Hall–Kier alpha value is -0.120. The molecule has 0 saturated carbocycles. The summed E-state index contributed by atoms with van der Waals surface area (Å²) in [5.41, 5.74) is 5.49. The van der Waals surface area contributed by atoms with Crippen LogP contribution in [-0.2, 0) is 0 Å². The van der Waals surface area contributed by atoms with E-state index in [1.807, 2.05) is 0 Å². The molecule has 66 valence electrons. The summed E-state index contributed by atoms with van der Waals surface area (Å²) in [7, 11) is 0. The summed E-state index contributed by atoms with van der Waals surface area (Å²) in [5.74, 6) is 0.736. The van der Waals surface area contributed by atoms with Crippen molar-refractivity contribution in [1.29, 1.82) is 0 Å². The van der Waals surface area contributed by atoms with Gasteiger partial charge in [-0.25, -0.2) is 0 Å². The Morgan fingerprint density at radius 1 is 1.18 bits per heavy atom. The van der Waals surface area contributed by atoms with E-state index in [1.165, 1.54) is 6.42 Å². The number of hydrogen-bond acceptors (Lipinski definition) is 3. The van der Waals surface area contributed by atoms with Crippen LogP contribution in [0.4, 0.5) is 0 Å². The highest BCUT2D eigenvalue weighted by molar-refractivity contribution is 4.68. The molecular formula is C8H19N3. The predicted molar refractivity (Wildman–Crippen MR) is 47.5 cm³/mol. The molecule has 3 heteroatoms. The third-order valence-electron chi connectivity index (χ3n) is 2.15. The maximum Gasteiger partial charge on any atom is -0.000790 e. The summed E-state index contributed by atoms with van der Waals surface area (Å²) in [4.78, 5) is 0. The molecular weight excluding hydrogens is 138 g/mol. The van der Waals surface area contributed by atoms with E-state index in [-0.39, 0.29) is 0 Å². The molecule has 1 fully saturated rings. The zero-order valence-corrected chi connectivity index (χ0v) is 7.10. The molecule has 0 spiro atoms. The van der Waals surface area contributed by atoms with Crippen LogP contribution in [0.2, 0.25) is 0 Å². The number of rotatable bonds is 2. The number of nitrogens with one attached hydrogen (secondary N) is 2. The first-order valence-electron chi connectivity index (χ1n) is 4.55. The van der Waals surface area contributed by atoms with Crippen molar-refractivity contribution in [3.63, 3.8) is 0 Å². The molecule has 0 aromatic carbocycles. The van der Waals surface area contributed by atoms with Crippen molar-refractivity contribution in [2.24, 2.45) is 11.7 Å². The lowest BCUT2D eigenvalue weighted by atomic mass is 10.0. The Labute approximate surface area is 68.7 Å². The molecule has 3 nitrogen and oxygen atoms in total. The van der Waals surface area contributed by atoms with Crippen molar-refractivity contribution in [2.45, 2.75) is 12.8 Å². The van der Waals surface area contributed by atoms with Crippen molar-refractivity contribution in [2.75, 3.05) is 32.7 Å². The average Bonchev–Trinajstić information content (AvgIpc) is 1.94. The van der Waals surface area contributed by atoms with Gasteiger partial charge in [0.05, 0.1) is 0 Å². The molecule has 0 aromatic rings. The summed E-state index contributed by atoms with van der Waals surface area (Å²) >= 11 is 0. The molecule has 0 radical (unpaired) electrons. The van der Waals surface area contributed by atoms with Gasteiger partial charge in [0.1, 0.15) is 0 Å². The zero-order chi connectivity index (χ0) is 7.94. The fraction of sp³-hybridized carbons (Fsp3) is 1.00. The smallest absolute Gasteiger partial charge is 0.000790 e.